The van der Waals surface area contributed by atoms with Crippen molar-refractivity contribution >= 4 is 17.5 Å². The van der Waals surface area contributed by atoms with Gasteiger partial charge in [0.1, 0.15) is 5.15 Å². The van der Waals surface area contributed by atoms with Crippen LogP contribution in [0.3, 0.4) is 0 Å². The number of aromatic nitrogens is 2. The van der Waals surface area contributed by atoms with Crippen molar-refractivity contribution in [3.63, 3.8) is 0 Å². The molecule has 0 fully saturated rings. The maximum absolute atomic E-state index is 12.9. The number of benzene rings is 1. The minimum Gasteiger partial charge on any atom is -0.352 e. The molecule has 0 saturated carbocycles. The lowest BCUT2D eigenvalue weighted by atomic mass is 10.0. The van der Waals surface area contributed by atoms with Crippen LogP contribution in [0.1, 0.15) is 21.6 Å². The number of pyridine rings is 2. The van der Waals surface area contributed by atoms with E-state index in [2.05, 4.69) is 15.3 Å². The van der Waals surface area contributed by atoms with Gasteiger partial charge in [-0.3, -0.25) is 9.78 Å². The van der Waals surface area contributed by atoms with Gasteiger partial charge in [0.15, 0.2) is 5.69 Å². The largest absolute Gasteiger partial charge is 0.434 e. The Morgan fingerprint density at radius 3 is 2.43 bits per heavy atom. The van der Waals surface area contributed by atoms with Gasteiger partial charge in [0, 0.05) is 18.9 Å². The van der Waals surface area contributed by atoms with E-state index in [1.54, 1.807) is 12.3 Å². The molecule has 1 amide bonds. The molecule has 2 aromatic heterocycles. The molecule has 1 aromatic carbocycles. The minimum absolute atomic E-state index is 0.200. The first-order valence-electron chi connectivity index (χ1n) is 8.36. The van der Waals surface area contributed by atoms with Crippen LogP contribution in [0, 0.1) is 0 Å². The number of hydrogen-bond acceptors (Lipinski definition) is 3. The van der Waals surface area contributed by atoms with E-state index in [0.717, 1.165) is 29.0 Å². The highest BCUT2D eigenvalue weighted by molar-refractivity contribution is 6.29. The van der Waals surface area contributed by atoms with Gasteiger partial charge in [0.2, 0.25) is 0 Å². The first-order valence-corrected chi connectivity index (χ1v) is 8.73. The van der Waals surface area contributed by atoms with Gasteiger partial charge in [-0.25, -0.2) is 4.98 Å². The number of rotatable bonds is 5. The monoisotopic (exact) mass is 405 g/mol. The van der Waals surface area contributed by atoms with E-state index in [9.17, 15) is 18.0 Å². The Hall–Kier alpha value is -2.93. The third kappa shape index (κ3) is 4.86. The van der Waals surface area contributed by atoms with Crippen molar-refractivity contribution in [3.05, 3.63) is 82.9 Å². The number of amides is 1. The van der Waals surface area contributed by atoms with Gasteiger partial charge in [0.25, 0.3) is 5.91 Å². The first kappa shape index (κ1) is 19.8. The molecule has 0 atom stereocenters. The Morgan fingerprint density at radius 2 is 1.75 bits per heavy atom. The average Bonchev–Trinajstić information content (AvgIpc) is 2.68. The third-order valence-corrected chi connectivity index (χ3v) is 4.24. The number of carbonyl (C=O) groups excluding carboxylic acids is 1. The van der Waals surface area contributed by atoms with Gasteiger partial charge < -0.3 is 5.32 Å². The predicted octanol–water partition coefficient (Wildman–Crippen LogP) is 4.79. The van der Waals surface area contributed by atoms with Crippen molar-refractivity contribution in [1.82, 2.24) is 15.3 Å². The highest BCUT2D eigenvalue weighted by Gasteiger charge is 2.36. The van der Waals surface area contributed by atoms with Crippen molar-refractivity contribution in [2.24, 2.45) is 0 Å². The summed E-state index contributed by atoms with van der Waals surface area (Å²) in [4.78, 5) is 19.3. The minimum atomic E-state index is -4.68. The number of alkyl halides is 3. The second-order valence-electron chi connectivity index (χ2n) is 5.97. The summed E-state index contributed by atoms with van der Waals surface area (Å²) in [5.74, 6) is -0.802. The molecule has 8 heteroatoms. The zero-order valence-electron chi connectivity index (χ0n) is 14.5. The van der Waals surface area contributed by atoms with Crippen LogP contribution < -0.4 is 5.32 Å². The Morgan fingerprint density at radius 1 is 1.00 bits per heavy atom. The quantitative estimate of drug-likeness (QED) is 0.621. The van der Waals surface area contributed by atoms with Crippen molar-refractivity contribution in [2.45, 2.75) is 12.6 Å². The van der Waals surface area contributed by atoms with Gasteiger partial charge >= 0.3 is 6.18 Å². The molecule has 144 valence electrons. The zero-order valence-corrected chi connectivity index (χ0v) is 15.3. The van der Waals surface area contributed by atoms with Crippen molar-refractivity contribution in [2.75, 3.05) is 6.54 Å². The highest BCUT2D eigenvalue weighted by atomic mass is 35.5. The summed E-state index contributed by atoms with van der Waals surface area (Å²) in [6.07, 6.45) is -1.57. The van der Waals surface area contributed by atoms with Crippen LogP contribution in [0.2, 0.25) is 5.15 Å². The summed E-state index contributed by atoms with van der Waals surface area (Å²) in [7, 11) is 0. The lowest BCUT2D eigenvalue weighted by Gasteiger charge is -2.11. The SMILES string of the molecule is O=C(NCCc1ccc(-c2ccnc(Cl)c2)cc1)c1cccnc1C(F)(F)F. The van der Waals surface area contributed by atoms with Crippen LogP contribution in [0.25, 0.3) is 11.1 Å². The molecule has 2 heterocycles. The summed E-state index contributed by atoms with van der Waals surface area (Å²) in [5.41, 5.74) is 1.15. The van der Waals surface area contributed by atoms with E-state index in [0.29, 0.717) is 11.6 Å². The van der Waals surface area contributed by atoms with E-state index < -0.39 is 23.3 Å². The highest BCUT2D eigenvalue weighted by Crippen LogP contribution is 2.30. The molecular formula is C20H15ClF3N3O. The normalized spacial score (nSPS) is 11.3. The summed E-state index contributed by atoms with van der Waals surface area (Å²) < 4.78 is 38.8. The fraction of sp³-hybridized carbons (Fsp3) is 0.150. The smallest absolute Gasteiger partial charge is 0.352 e. The Balaban J connectivity index is 1.61. The molecule has 0 saturated heterocycles. The number of nitrogens with one attached hydrogen (secondary N) is 1. The van der Waals surface area contributed by atoms with Crippen LogP contribution in [-0.4, -0.2) is 22.4 Å². The lowest BCUT2D eigenvalue weighted by molar-refractivity contribution is -0.141. The predicted molar refractivity (Wildman–Crippen MR) is 100.0 cm³/mol. The van der Waals surface area contributed by atoms with Gasteiger partial charge in [-0.05, 0) is 47.4 Å². The van der Waals surface area contributed by atoms with Gasteiger partial charge in [-0.1, -0.05) is 35.9 Å². The van der Waals surface area contributed by atoms with Crippen molar-refractivity contribution < 1.29 is 18.0 Å². The van der Waals surface area contributed by atoms with E-state index in [4.69, 9.17) is 11.6 Å². The number of hydrogen-bond donors (Lipinski definition) is 1. The van der Waals surface area contributed by atoms with E-state index in [1.165, 1.54) is 6.07 Å². The van der Waals surface area contributed by atoms with Gasteiger partial charge in [-0.15, -0.1) is 0 Å². The maximum Gasteiger partial charge on any atom is 0.434 e. The fourth-order valence-electron chi connectivity index (χ4n) is 2.68. The summed E-state index contributed by atoms with van der Waals surface area (Å²) in [5, 5.41) is 2.91. The molecule has 0 aliphatic rings. The topological polar surface area (TPSA) is 54.9 Å². The Kier molecular flexibility index (Phi) is 5.94. The second kappa shape index (κ2) is 8.39. The molecule has 4 nitrogen and oxygen atoms in total. The molecule has 0 aliphatic heterocycles. The molecule has 0 bridgehead atoms. The first-order chi connectivity index (χ1) is 13.3. The summed E-state index contributed by atoms with van der Waals surface area (Å²) in [6.45, 7) is 0.200. The molecule has 3 rings (SSSR count). The average molecular weight is 406 g/mol. The third-order valence-electron chi connectivity index (χ3n) is 4.03. The van der Waals surface area contributed by atoms with Crippen LogP contribution in [-0.2, 0) is 12.6 Å². The standard InChI is InChI=1S/C20H15ClF3N3O/c21-17-12-15(8-11-25-17)14-5-3-13(4-6-14)7-10-27-19(28)16-2-1-9-26-18(16)20(22,23)24/h1-6,8-9,11-12H,7,10H2,(H,27,28). The molecule has 1 N–H and O–H groups in total. The molecule has 0 unspecified atom stereocenters. The van der Waals surface area contributed by atoms with Crippen molar-refractivity contribution in [3.8, 4) is 11.1 Å². The lowest BCUT2D eigenvalue weighted by Crippen LogP contribution is -2.28. The summed E-state index contributed by atoms with van der Waals surface area (Å²) >= 11 is 5.89. The Bertz CT molecular complexity index is 975. The van der Waals surface area contributed by atoms with E-state index >= 15 is 0 Å². The molecule has 0 spiro atoms. The summed E-state index contributed by atoms with van der Waals surface area (Å²) in [6, 6.07) is 13.6. The molecule has 28 heavy (non-hydrogen) atoms. The molecule has 0 radical (unpaired) electrons. The van der Waals surface area contributed by atoms with Crippen molar-refractivity contribution in [1.29, 1.82) is 0 Å². The van der Waals surface area contributed by atoms with Crippen LogP contribution >= 0.6 is 11.6 Å². The van der Waals surface area contributed by atoms with E-state index in [-0.39, 0.29) is 6.54 Å². The zero-order chi connectivity index (χ0) is 20.1. The molecule has 3 aromatic rings. The molecular weight excluding hydrogens is 391 g/mol. The fourth-order valence-corrected chi connectivity index (χ4v) is 2.85. The van der Waals surface area contributed by atoms with Crippen LogP contribution in [0.4, 0.5) is 13.2 Å². The second-order valence-corrected chi connectivity index (χ2v) is 6.35. The van der Waals surface area contributed by atoms with Crippen LogP contribution in [0.5, 0.6) is 0 Å². The number of halogens is 4. The van der Waals surface area contributed by atoms with Gasteiger partial charge in [0.05, 0.1) is 5.56 Å². The maximum atomic E-state index is 12.9. The number of nitrogens with zero attached hydrogens (tertiary/aromatic N) is 2. The van der Waals surface area contributed by atoms with Gasteiger partial charge in [-0.2, -0.15) is 13.2 Å². The van der Waals surface area contributed by atoms with Crippen LogP contribution in [0.15, 0.2) is 60.9 Å². The Labute approximate surface area is 164 Å². The van der Waals surface area contributed by atoms with E-state index in [1.807, 2.05) is 30.3 Å². The molecule has 0 aliphatic carbocycles. The number of carbonyl (C=O) groups is 1.